The molecule has 184 valence electrons. The number of amides is 2. The summed E-state index contributed by atoms with van der Waals surface area (Å²) in [6.45, 7) is 2.78. The number of nitrogens with zero attached hydrogens (tertiary/aromatic N) is 1. The molecule has 1 aliphatic rings. The molecule has 0 saturated carbocycles. The third-order valence-electron chi connectivity index (χ3n) is 5.38. The van der Waals surface area contributed by atoms with Gasteiger partial charge in [-0.2, -0.15) is 13.2 Å². The molecule has 1 fully saturated rings. The van der Waals surface area contributed by atoms with Crippen molar-refractivity contribution in [2.75, 3.05) is 13.1 Å². The van der Waals surface area contributed by atoms with E-state index in [1.807, 2.05) is 6.07 Å². The number of halogens is 4. The normalized spacial score (nSPS) is 14.8. The molecule has 4 N–H and O–H groups in total. The van der Waals surface area contributed by atoms with Crippen molar-refractivity contribution in [1.29, 1.82) is 0 Å². The molecule has 7 nitrogen and oxygen atoms in total. The first-order chi connectivity index (χ1) is 15.6. The summed E-state index contributed by atoms with van der Waals surface area (Å²) in [6.07, 6.45) is -4.49. The average Bonchev–Trinajstić information content (AvgIpc) is 2.77. The molecule has 0 unspecified atom stereocenters. The highest BCUT2D eigenvalue weighted by Gasteiger charge is 2.37. The van der Waals surface area contributed by atoms with Gasteiger partial charge in [-0.15, -0.1) is 17.4 Å². The topological polar surface area (TPSA) is 106 Å². The summed E-state index contributed by atoms with van der Waals surface area (Å²) in [4.78, 5) is 27.8. The van der Waals surface area contributed by atoms with Gasteiger partial charge in [0.25, 0.3) is 5.91 Å². The smallest absolute Gasteiger partial charge is 0.437 e. The first kappa shape index (κ1) is 27.1. The van der Waals surface area contributed by atoms with Crippen LogP contribution in [0.4, 0.5) is 18.0 Å². The molecule has 1 heterocycles. The molecule has 11 heteroatoms. The van der Waals surface area contributed by atoms with Crippen LogP contribution in [-0.4, -0.2) is 31.0 Å². The maximum atomic E-state index is 13.8. The van der Waals surface area contributed by atoms with E-state index in [0.29, 0.717) is 31.5 Å². The van der Waals surface area contributed by atoms with E-state index < -0.39 is 29.7 Å². The van der Waals surface area contributed by atoms with Gasteiger partial charge in [0.05, 0.1) is 5.56 Å². The summed E-state index contributed by atoms with van der Waals surface area (Å²) in [7, 11) is 0. The first-order valence-corrected chi connectivity index (χ1v) is 10.4. The number of nitrogens with one attached hydrogen (secondary N) is 2. The number of guanidine groups is 1. The lowest BCUT2D eigenvalue weighted by atomic mass is 9.84. The third kappa shape index (κ3) is 7.19. The molecule has 0 radical (unpaired) electrons. The van der Waals surface area contributed by atoms with Crippen LogP contribution >= 0.6 is 12.4 Å². The van der Waals surface area contributed by atoms with Crippen LogP contribution in [0.25, 0.3) is 0 Å². The number of carbonyl (C=O) groups is 2. The molecule has 34 heavy (non-hydrogen) atoms. The lowest BCUT2D eigenvalue weighted by Crippen LogP contribution is -2.38. The number of benzene rings is 2. The number of aliphatic imine (C=N–C) groups is 1. The highest BCUT2D eigenvalue weighted by Crippen LogP contribution is 2.39. The van der Waals surface area contributed by atoms with Gasteiger partial charge in [-0.1, -0.05) is 36.4 Å². The van der Waals surface area contributed by atoms with Crippen molar-refractivity contribution in [2.45, 2.75) is 38.5 Å². The summed E-state index contributed by atoms with van der Waals surface area (Å²) < 4.78 is 46.3. The molecular formula is C23H26ClF3N4O3. The van der Waals surface area contributed by atoms with Crippen LogP contribution in [0.1, 0.15) is 51.4 Å². The Kier molecular flexibility index (Phi) is 9.46. The molecule has 1 saturated heterocycles. The molecular weight excluding hydrogens is 473 g/mol. The zero-order valence-electron chi connectivity index (χ0n) is 18.4. The van der Waals surface area contributed by atoms with Crippen molar-refractivity contribution in [3.63, 3.8) is 0 Å². The van der Waals surface area contributed by atoms with Gasteiger partial charge in [-0.05, 0) is 61.5 Å². The van der Waals surface area contributed by atoms with Crippen molar-refractivity contribution in [2.24, 2.45) is 10.7 Å². The Morgan fingerprint density at radius 3 is 2.44 bits per heavy atom. The quantitative estimate of drug-likeness (QED) is 0.431. The maximum Gasteiger partial charge on any atom is 0.437 e. The standard InChI is InChI=1S/C23H25F3N4O3.ClH/c1-14-11-18(16-7-9-28-10-8-16)19(23(24,25)26)12-17(14)20(31)29-21(27)30-22(32)33-13-15-5-3-2-4-6-15;/h2-6,11-12,16,28H,7-10,13H2,1H3,(H3,27,29,30,31,32);1H. The summed E-state index contributed by atoms with van der Waals surface area (Å²) in [5.74, 6) is -1.72. The number of piperidine rings is 1. The first-order valence-electron chi connectivity index (χ1n) is 10.4. The van der Waals surface area contributed by atoms with Gasteiger partial charge in [0.2, 0.25) is 5.96 Å². The second kappa shape index (κ2) is 11.8. The molecule has 2 amide bonds. The summed E-state index contributed by atoms with van der Waals surface area (Å²) >= 11 is 0. The molecule has 0 atom stereocenters. The second-order valence-corrected chi connectivity index (χ2v) is 7.77. The van der Waals surface area contributed by atoms with E-state index in [0.717, 1.165) is 11.6 Å². The van der Waals surface area contributed by atoms with Crippen LogP contribution in [0.2, 0.25) is 0 Å². The fourth-order valence-electron chi connectivity index (χ4n) is 3.75. The molecule has 2 aromatic rings. The Hall–Kier alpha value is -3.11. The van der Waals surface area contributed by atoms with E-state index in [2.05, 4.69) is 15.6 Å². The SMILES string of the molecule is Cc1cc(C2CCNCC2)c(C(F)(F)F)cc1C(=O)N/C(N)=N\C(=O)OCc1ccccc1.Cl. The van der Waals surface area contributed by atoms with E-state index in [1.54, 1.807) is 31.2 Å². The molecule has 1 aliphatic heterocycles. The van der Waals surface area contributed by atoms with E-state index in [9.17, 15) is 22.8 Å². The largest absolute Gasteiger partial charge is 0.443 e. The lowest BCUT2D eigenvalue weighted by Gasteiger charge is -2.27. The third-order valence-corrected chi connectivity index (χ3v) is 5.38. The zero-order valence-corrected chi connectivity index (χ0v) is 19.3. The minimum absolute atomic E-state index is 0. The van der Waals surface area contributed by atoms with Gasteiger partial charge < -0.3 is 15.8 Å². The second-order valence-electron chi connectivity index (χ2n) is 7.77. The molecule has 2 aromatic carbocycles. The highest BCUT2D eigenvalue weighted by molar-refractivity contribution is 6.07. The number of aryl methyl sites for hydroxylation is 1. The van der Waals surface area contributed by atoms with E-state index in [4.69, 9.17) is 10.5 Å². The van der Waals surface area contributed by atoms with Gasteiger partial charge >= 0.3 is 12.3 Å². The van der Waals surface area contributed by atoms with Crippen LogP contribution in [0.3, 0.4) is 0 Å². The molecule has 0 spiro atoms. The molecule has 0 bridgehead atoms. The van der Waals surface area contributed by atoms with Crippen molar-refractivity contribution >= 4 is 30.4 Å². The van der Waals surface area contributed by atoms with Crippen molar-refractivity contribution in [3.8, 4) is 0 Å². The Balaban J connectivity index is 0.00000408. The van der Waals surface area contributed by atoms with Gasteiger partial charge in [-0.3, -0.25) is 10.1 Å². The van der Waals surface area contributed by atoms with E-state index >= 15 is 0 Å². The number of carbonyl (C=O) groups excluding carboxylic acids is 2. The van der Waals surface area contributed by atoms with Gasteiger partial charge in [-0.25, -0.2) is 4.79 Å². The van der Waals surface area contributed by atoms with Crippen LogP contribution in [0.15, 0.2) is 47.5 Å². The van der Waals surface area contributed by atoms with E-state index in [1.165, 1.54) is 6.07 Å². The zero-order chi connectivity index (χ0) is 24.0. The summed E-state index contributed by atoms with van der Waals surface area (Å²) in [6, 6.07) is 11.1. The predicted octanol–water partition coefficient (Wildman–Crippen LogP) is 4.28. The number of alkyl halides is 3. The Morgan fingerprint density at radius 2 is 1.82 bits per heavy atom. The summed E-state index contributed by atoms with van der Waals surface area (Å²) in [5.41, 5.74) is 5.83. The Labute approximate surface area is 201 Å². The van der Waals surface area contributed by atoms with Crippen LogP contribution in [0.5, 0.6) is 0 Å². The number of hydrogen-bond donors (Lipinski definition) is 3. The lowest BCUT2D eigenvalue weighted by molar-refractivity contribution is -0.138. The van der Waals surface area contributed by atoms with E-state index in [-0.39, 0.29) is 36.1 Å². The number of rotatable bonds is 4. The van der Waals surface area contributed by atoms with Crippen LogP contribution in [0, 0.1) is 6.92 Å². The maximum absolute atomic E-state index is 13.8. The van der Waals surface area contributed by atoms with Crippen molar-refractivity contribution in [1.82, 2.24) is 10.6 Å². The van der Waals surface area contributed by atoms with Crippen LogP contribution in [-0.2, 0) is 17.5 Å². The number of nitrogens with two attached hydrogens (primary N) is 1. The van der Waals surface area contributed by atoms with Gasteiger partial charge in [0.15, 0.2) is 0 Å². The fraction of sp³-hybridized carbons (Fsp3) is 0.348. The monoisotopic (exact) mass is 498 g/mol. The minimum Gasteiger partial charge on any atom is -0.443 e. The Bertz CT molecular complexity index is 1040. The van der Waals surface area contributed by atoms with Crippen LogP contribution < -0.4 is 16.4 Å². The molecule has 0 aliphatic carbocycles. The minimum atomic E-state index is -4.62. The fourth-order valence-corrected chi connectivity index (χ4v) is 3.75. The molecule has 3 rings (SSSR count). The highest BCUT2D eigenvalue weighted by atomic mass is 35.5. The molecule has 0 aromatic heterocycles. The average molecular weight is 499 g/mol. The Morgan fingerprint density at radius 1 is 1.18 bits per heavy atom. The van der Waals surface area contributed by atoms with Gasteiger partial charge in [0, 0.05) is 5.56 Å². The summed E-state index contributed by atoms with van der Waals surface area (Å²) in [5, 5.41) is 5.29. The number of hydrogen-bond acceptors (Lipinski definition) is 4. The number of ether oxygens (including phenoxy) is 1. The predicted molar refractivity (Wildman–Crippen MR) is 124 cm³/mol. The van der Waals surface area contributed by atoms with Gasteiger partial charge in [0.1, 0.15) is 6.61 Å². The van der Waals surface area contributed by atoms with Crippen molar-refractivity contribution < 1.29 is 27.5 Å². The van der Waals surface area contributed by atoms with Crippen molar-refractivity contribution in [3.05, 3.63) is 70.3 Å².